The number of aromatic nitrogens is 2. The minimum absolute atomic E-state index is 1.10. The number of H-pyrrole nitrogens is 2. The highest BCUT2D eigenvalue weighted by Crippen LogP contribution is 2.30. The van der Waals surface area contributed by atoms with E-state index in [0.717, 1.165) is 22.4 Å². The molecule has 19 heavy (non-hydrogen) atoms. The first kappa shape index (κ1) is 10.3. The van der Waals surface area contributed by atoms with E-state index in [2.05, 4.69) is 51.7 Å². The van der Waals surface area contributed by atoms with Gasteiger partial charge < -0.3 is 15.3 Å². The number of hydrogen-bond donors (Lipinski definition) is 3. The van der Waals surface area contributed by atoms with E-state index in [9.17, 15) is 0 Å². The van der Waals surface area contributed by atoms with Crippen molar-refractivity contribution >= 4 is 33.2 Å². The molecule has 0 saturated heterocycles. The lowest BCUT2D eigenvalue weighted by Crippen LogP contribution is -1.86. The van der Waals surface area contributed by atoms with Crippen molar-refractivity contribution in [3.63, 3.8) is 0 Å². The number of nitrogens with one attached hydrogen (secondary N) is 3. The molecule has 3 nitrogen and oxygen atoms in total. The van der Waals surface area contributed by atoms with Crippen molar-refractivity contribution in [3.05, 3.63) is 60.9 Å². The van der Waals surface area contributed by atoms with Crippen molar-refractivity contribution in [1.29, 1.82) is 0 Å². The minimum Gasteiger partial charge on any atom is -0.359 e. The molecule has 3 heteroatoms. The molecule has 2 heterocycles. The molecule has 0 saturated carbocycles. The van der Waals surface area contributed by atoms with Gasteiger partial charge in [0.25, 0.3) is 0 Å². The van der Waals surface area contributed by atoms with Gasteiger partial charge in [-0.2, -0.15) is 0 Å². The Kier molecular flexibility index (Phi) is 2.12. The monoisotopic (exact) mass is 247 g/mol. The number of benzene rings is 2. The highest BCUT2D eigenvalue weighted by atomic mass is 14.9. The third kappa shape index (κ3) is 1.59. The quantitative estimate of drug-likeness (QED) is 0.483. The van der Waals surface area contributed by atoms with Gasteiger partial charge in [0.2, 0.25) is 0 Å². The smallest absolute Gasteiger partial charge is 0.0642 e. The molecule has 2 aromatic heterocycles. The van der Waals surface area contributed by atoms with Crippen LogP contribution in [0.3, 0.4) is 0 Å². The third-order valence-electron chi connectivity index (χ3n) is 3.45. The normalized spacial score (nSPS) is 11.2. The van der Waals surface area contributed by atoms with Gasteiger partial charge in [-0.15, -0.1) is 0 Å². The molecule has 4 rings (SSSR count). The predicted molar refractivity (Wildman–Crippen MR) is 79.9 cm³/mol. The fourth-order valence-electron chi connectivity index (χ4n) is 2.49. The van der Waals surface area contributed by atoms with E-state index < -0.39 is 0 Å². The Morgan fingerprint density at radius 2 is 1.11 bits per heavy atom. The first-order valence-electron chi connectivity index (χ1n) is 6.31. The van der Waals surface area contributed by atoms with Gasteiger partial charge in [0, 0.05) is 34.2 Å². The van der Waals surface area contributed by atoms with Gasteiger partial charge in [-0.1, -0.05) is 36.4 Å². The van der Waals surface area contributed by atoms with Gasteiger partial charge in [0.05, 0.1) is 11.4 Å². The van der Waals surface area contributed by atoms with Crippen molar-refractivity contribution in [2.45, 2.75) is 0 Å². The first-order valence-corrected chi connectivity index (χ1v) is 6.31. The summed E-state index contributed by atoms with van der Waals surface area (Å²) < 4.78 is 0. The van der Waals surface area contributed by atoms with Crippen LogP contribution >= 0.6 is 0 Å². The Labute approximate surface area is 110 Å². The fraction of sp³-hybridized carbons (Fsp3) is 0. The Bertz CT molecular complexity index is 782. The zero-order chi connectivity index (χ0) is 12.7. The highest BCUT2D eigenvalue weighted by molar-refractivity contribution is 5.99. The SMILES string of the molecule is c1ccc2c(Nc3c[nH]c4ccccc34)c[nH]c2c1. The van der Waals surface area contributed by atoms with E-state index in [-0.39, 0.29) is 0 Å². The van der Waals surface area contributed by atoms with Crippen LogP contribution in [0.2, 0.25) is 0 Å². The van der Waals surface area contributed by atoms with Crippen LogP contribution in [-0.4, -0.2) is 9.97 Å². The lowest BCUT2D eigenvalue weighted by Gasteiger charge is -2.03. The summed E-state index contributed by atoms with van der Waals surface area (Å²) in [6, 6.07) is 16.6. The molecule has 0 aliphatic rings. The van der Waals surface area contributed by atoms with E-state index in [1.807, 2.05) is 24.5 Å². The lowest BCUT2D eigenvalue weighted by molar-refractivity contribution is 1.45. The first-order chi connectivity index (χ1) is 9.42. The van der Waals surface area contributed by atoms with Crippen LogP contribution in [0.1, 0.15) is 0 Å². The molecular weight excluding hydrogens is 234 g/mol. The zero-order valence-electron chi connectivity index (χ0n) is 10.3. The number of anilines is 2. The standard InChI is InChI=1S/C16H13N3/c1-3-7-13-11(5-1)15(9-17-13)19-16-10-18-14-8-4-2-6-12(14)16/h1-10,17-19H. The van der Waals surface area contributed by atoms with Crippen LogP contribution in [-0.2, 0) is 0 Å². The van der Waals surface area contributed by atoms with Crippen LogP contribution in [0.15, 0.2) is 60.9 Å². The second-order valence-electron chi connectivity index (χ2n) is 4.62. The molecular formula is C16H13N3. The van der Waals surface area contributed by atoms with E-state index in [1.165, 1.54) is 10.8 Å². The van der Waals surface area contributed by atoms with Crippen molar-refractivity contribution in [1.82, 2.24) is 9.97 Å². The van der Waals surface area contributed by atoms with Crippen molar-refractivity contribution in [3.8, 4) is 0 Å². The Morgan fingerprint density at radius 3 is 1.63 bits per heavy atom. The van der Waals surface area contributed by atoms with Crippen LogP contribution in [0.5, 0.6) is 0 Å². The number of para-hydroxylation sites is 2. The van der Waals surface area contributed by atoms with Gasteiger partial charge in [-0.3, -0.25) is 0 Å². The zero-order valence-corrected chi connectivity index (χ0v) is 10.3. The number of aromatic amines is 2. The van der Waals surface area contributed by atoms with Gasteiger partial charge in [0.1, 0.15) is 0 Å². The highest BCUT2D eigenvalue weighted by Gasteiger charge is 2.06. The largest absolute Gasteiger partial charge is 0.359 e. The Balaban J connectivity index is 1.82. The summed E-state index contributed by atoms with van der Waals surface area (Å²) in [5.74, 6) is 0. The summed E-state index contributed by atoms with van der Waals surface area (Å²) in [4.78, 5) is 6.55. The molecule has 0 fully saturated rings. The summed E-state index contributed by atoms with van der Waals surface area (Å²) in [7, 11) is 0. The molecule has 0 unspecified atom stereocenters. The maximum atomic E-state index is 3.49. The second-order valence-corrected chi connectivity index (χ2v) is 4.62. The number of hydrogen-bond acceptors (Lipinski definition) is 1. The molecule has 4 aromatic rings. The van der Waals surface area contributed by atoms with Crippen molar-refractivity contribution in [2.24, 2.45) is 0 Å². The van der Waals surface area contributed by atoms with E-state index in [0.29, 0.717) is 0 Å². The van der Waals surface area contributed by atoms with Gasteiger partial charge in [-0.25, -0.2) is 0 Å². The van der Waals surface area contributed by atoms with E-state index >= 15 is 0 Å². The molecule has 2 aromatic carbocycles. The third-order valence-corrected chi connectivity index (χ3v) is 3.45. The molecule has 0 aliphatic heterocycles. The van der Waals surface area contributed by atoms with Gasteiger partial charge in [0.15, 0.2) is 0 Å². The summed E-state index contributed by atoms with van der Waals surface area (Å²) >= 11 is 0. The average Bonchev–Trinajstić information content (AvgIpc) is 3.05. The summed E-state index contributed by atoms with van der Waals surface area (Å²) in [6.07, 6.45) is 4.01. The number of rotatable bonds is 2. The fourth-order valence-corrected chi connectivity index (χ4v) is 2.49. The molecule has 3 N–H and O–H groups in total. The maximum Gasteiger partial charge on any atom is 0.0642 e. The molecule has 0 spiro atoms. The van der Waals surface area contributed by atoms with Gasteiger partial charge >= 0.3 is 0 Å². The summed E-state index contributed by atoms with van der Waals surface area (Å²) in [6.45, 7) is 0. The molecule has 0 amide bonds. The second kappa shape index (κ2) is 3.92. The molecule has 92 valence electrons. The molecule has 0 atom stereocenters. The van der Waals surface area contributed by atoms with E-state index in [1.54, 1.807) is 0 Å². The Morgan fingerprint density at radius 1 is 0.632 bits per heavy atom. The van der Waals surface area contributed by atoms with Crippen LogP contribution in [0.4, 0.5) is 11.4 Å². The lowest BCUT2D eigenvalue weighted by atomic mass is 10.2. The van der Waals surface area contributed by atoms with Crippen molar-refractivity contribution < 1.29 is 0 Å². The summed E-state index contributed by atoms with van der Waals surface area (Å²) in [5.41, 5.74) is 4.48. The number of fused-ring (bicyclic) bond motifs is 2. The minimum atomic E-state index is 1.10. The molecule has 0 aliphatic carbocycles. The Hall–Kier alpha value is -2.68. The van der Waals surface area contributed by atoms with Crippen LogP contribution < -0.4 is 5.32 Å². The topological polar surface area (TPSA) is 43.6 Å². The van der Waals surface area contributed by atoms with Crippen LogP contribution in [0.25, 0.3) is 21.8 Å². The average molecular weight is 247 g/mol. The molecule has 0 bridgehead atoms. The maximum absolute atomic E-state index is 3.49. The predicted octanol–water partition coefficient (Wildman–Crippen LogP) is 4.39. The van der Waals surface area contributed by atoms with Crippen LogP contribution in [0, 0.1) is 0 Å². The van der Waals surface area contributed by atoms with E-state index in [4.69, 9.17) is 0 Å². The summed E-state index contributed by atoms with van der Waals surface area (Å²) in [5, 5.41) is 5.89. The van der Waals surface area contributed by atoms with Crippen molar-refractivity contribution in [2.75, 3.05) is 5.32 Å². The van der Waals surface area contributed by atoms with Gasteiger partial charge in [-0.05, 0) is 12.1 Å². The molecule has 0 radical (unpaired) electrons.